The van der Waals surface area contributed by atoms with E-state index in [2.05, 4.69) is 4.98 Å². The van der Waals surface area contributed by atoms with Gasteiger partial charge in [0, 0.05) is 18.0 Å². The number of nitrogens with zero attached hydrogens (tertiary/aromatic N) is 1. The molecule has 0 saturated carbocycles. The first-order valence-electron chi connectivity index (χ1n) is 7.16. The molecule has 0 spiro atoms. The van der Waals surface area contributed by atoms with Gasteiger partial charge in [0.1, 0.15) is 0 Å². The van der Waals surface area contributed by atoms with Crippen LogP contribution in [-0.2, 0) is 15.5 Å². The molecule has 2 rings (SSSR count). The third kappa shape index (κ3) is 3.59. The van der Waals surface area contributed by atoms with E-state index in [1.54, 1.807) is 0 Å². The first-order chi connectivity index (χ1) is 10.5. The Morgan fingerprint density at radius 3 is 2.30 bits per heavy atom. The van der Waals surface area contributed by atoms with Crippen LogP contribution in [0.3, 0.4) is 0 Å². The van der Waals surface area contributed by atoms with Crippen molar-refractivity contribution >= 4 is 13.2 Å². The zero-order valence-corrected chi connectivity index (χ0v) is 13.4. The van der Waals surface area contributed by atoms with Crippen LogP contribution in [0, 0.1) is 0 Å². The molecule has 2 heterocycles. The van der Waals surface area contributed by atoms with Crippen molar-refractivity contribution in [1.29, 1.82) is 0 Å². The van der Waals surface area contributed by atoms with Crippen LogP contribution in [0.5, 0.6) is 0 Å². The van der Waals surface area contributed by atoms with Crippen LogP contribution < -0.4 is 0 Å². The van der Waals surface area contributed by atoms with Gasteiger partial charge in [0.2, 0.25) is 0 Å². The normalized spacial score (nSPS) is 20.9. The fourth-order valence-corrected chi connectivity index (χ4v) is 2.16. The van der Waals surface area contributed by atoms with Gasteiger partial charge in [-0.25, -0.2) is 0 Å². The van der Waals surface area contributed by atoms with Gasteiger partial charge in [-0.2, -0.15) is 13.2 Å². The molecule has 0 bridgehead atoms. The van der Waals surface area contributed by atoms with E-state index in [0.29, 0.717) is 0 Å². The number of halogens is 3. The van der Waals surface area contributed by atoms with Crippen LogP contribution in [0.2, 0.25) is 0 Å². The Morgan fingerprint density at radius 1 is 1.26 bits per heavy atom. The lowest BCUT2D eigenvalue weighted by Crippen LogP contribution is -2.41. The summed E-state index contributed by atoms with van der Waals surface area (Å²) in [6.07, 6.45) is -1.11. The van der Waals surface area contributed by atoms with Crippen molar-refractivity contribution < 1.29 is 27.6 Å². The fraction of sp³-hybridized carbons (Fsp3) is 0.533. The van der Waals surface area contributed by atoms with Gasteiger partial charge in [0.05, 0.1) is 23.4 Å². The molecular formula is C15H19BF3NO3. The topological polar surface area (TPSA) is 51.6 Å². The predicted octanol–water partition coefficient (Wildman–Crippen LogP) is 3.11. The highest BCUT2D eigenvalue weighted by atomic mass is 19.4. The number of alkyl halides is 3. The molecule has 0 radical (unpaired) electrons. The Labute approximate surface area is 133 Å². The lowest BCUT2D eigenvalue weighted by atomic mass is 9.77. The molecule has 126 valence electrons. The minimum atomic E-state index is -4.51. The van der Waals surface area contributed by atoms with Gasteiger partial charge in [-0.1, -0.05) is 6.08 Å². The lowest BCUT2D eigenvalue weighted by molar-refractivity contribution is -0.137. The Kier molecular flexibility index (Phi) is 4.63. The average Bonchev–Trinajstić information content (AvgIpc) is 2.64. The standard InChI is InChI=1S/C15H19BF3NO3/c1-13(2)14(3,4)23-16(22-13)11(9-21)7-10-8-20-6-5-12(10)15(17,18)19/h5-8,21H,9H2,1-4H3. The molecule has 4 nitrogen and oxygen atoms in total. The van der Waals surface area contributed by atoms with E-state index in [9.17, 15) is 18.3 Å². The molecule has 1 saturated heterocycles. The zero-order valence-electron chi connectivity index (χ0n) is 13.4. The predicted molar refractivity (Wildman–Crippen MR) is 80.4 cm³/mol. The van der Waals surface area contributed by atoms with Crippen LogP contribution in [0.25, 0.3) is 6.08 Å². The van der Waals surface area contributed by atoms with E-state index in [1.807, 2.05) is 27.7 Å². The number of hydrogen-bond acceptors (Lipinski definition) is 4. The molecule has 0 atom stereocenters. The van der Waals surface area contributed by atoms with Crippen molar-refractivity contribution in [2.45, 2.75) is 45.1 Å². The van der Waals surface area contributed by atoms with Crippen LogP contribution in [-0.4, -0.2) is 35.0 Å². The molecule has 0 amide bonds. The van der Waals surface area contributed by atoms with E-state index in [-0.39, 0.29) is 11.0 Å². The van der Waals surface area contributed by atoms with Crippen LogP contribution >= 0.6 is 0 Å². The van der Waals surface area contributed by atoms with E-state index in [0.717, 1.165) is 18.5 Å². The number of rotatable bonds is 3. The van der Waals surface area contributed by atoms with E-state index >= 15 is 0 Å². The maximum Gasteiger partial charge on any atom is 0.492 e. The van der Waals surface area contributed by atoms with Gasteiger partial charge in [0.25, 0.3) is 0 Å². The SMILES string of the molecule is CC1(C)OB(C(=Cc2cnccc2C(F)(F)F)CO)OC1(C)C. The summed E-state index contributed by atoms with van der Waals surface area (Å²) in [5.74, 6) is 0. The maximum atomic E-state index is 13.0. The van der Waals surface area contributed by atoms with Gasteiger partial charge in [-0.3, -0.25) is 4.98 Å². The Bertz CT molecular complexity index is 598. The second-order valence-corrected chi connectivity index (χ2v) is 6.43. The molecule has 1 fully saturated rings. The largest absolute Gasteiger partial charge is 0.492 e. The molecule has 1 aliphatic rings. The van der Waals surface area contributed by atoms with Gasteiger partial charge in [-0.05, 0) is 39.2 Å². The quantitative estimate of drug-likeness (QED) is 0.866. The molecule has 0 unspecified atom stereocenters. The smallest absolute Gasteiger partial charge is 0.400 e. The lowest BCUT2D eigenvalue weighted by Gasteiger charge is -2.32. The number of aliphatic hydroxyl groups is 1. The summed E-state index contributed by atoms with van der Waals surface area (Å²) in [6.45, 7) is 6.82. The van der Waals surface area contributed by atoms with Crippen molar-refractivity contribution in [3.8, 4) is 0 Å². The summed E-state index contributed by atoms with van der Waals surface area (Å²) in [5.41, 5.74) is -2.04. The van der Waals surface area contributed by atoms with Gasteiger partial charge < -0.3 is 14.4 Å². The van der Waals surface area contributed by atoms with E-state index in [1.165, 1.54) is 6.08 Å². The fourth-order valence-electron chi connectivity index (χ4n) is 2.16. The van der Waals surface area contributed by atoms with Gasteiger partial charge in [-0.15, -0.1) is 0 Å². The molecule has 8 heteroatoms. The Hall–Kier alpha value is -1.38. The van der Waals surface area contributed by atoms with Crippen LogP contribution in [0.1, 0.15) is 38.8 Å². The summed E-state index contributed by atoms with van der Waals surface area (Å²) in [6, 6.07) is 0.894. The number of aliphatic hydroxyl groups excluding tert-OH is 1. The monoisotopic (exact) mass is 329 g/mol. The second-order valence-electron chi connectivity index (χ2n) is 6.43. The van der Waals surface area contributed by atoms with Crippen molar-refractivity contribution in [1.82, 2.24) is 4.98 Å². The van der Waals surface area contributed by atoms with Crippen molar-refractivity contribution in [3.63, 3.8) is 0 Å². The molecule has 1 aromatic rings. The van der Waals surface area contributed by atoms with Crippen molar-refractivity contribution in [2.75, 3.05) is 6.61 Å². The summed E-state index contributed by atoms with van der Waals surface area (Å²) < 4.78 is 50.7. The zero-order chi connectivity index (χ0) is 17.5. The third-order valence-electron chi connectivity index (χ3n) is 4.24. The van der Waals surface area contributed by atoms with Gasteiger partial charge in [0.15, 0.2) is 0 Å². The molecule has 1 aromatic heterocycles. The summed E-state index contributed by atoms with van der Waals surface area (Å²) >= 11 is 0. The minimum Gasteiger partial charge on any atom is -0.400 e. The molecule has 1 N–H and O–H groups in total. The maximum absolute atomic E-state index is 13.0. The molecular weight excluding hydrogens is 310 g/mol. The summed E-state index contributed by atoms with van der Waals surface area (Å²) in [7, 11) is -0.911. The third-order valence-corrected chi connectivity index (χ3v) is 4.24. The first-order valence-corrected chi connectivity index (χ1v) is 7.16. The van der Waals surface area contributed by atoms with Crippen LogP contribution in [0.15, 0.2) is 23.9 Å². The number of aromatic nitrogens is 1. The highest BCUT2D eigenvalue weighted by Gasteiger charge is 2.52. The Morgan fingerprint density at radius 2 is 1.83 bits per heavy atom. The summed E-state index contributed by atoms with van der Waals surface area (Å²) in [4.78, 5) is 3.72. The second kappa shape index (κ2) is 5.92. The highest BCUT2D eigenvalue weighted by Crippen LogP contribution is 2.39. The van der Waals surface area contributed by atoms with Gasteiger partial charge >= 0.3 is 13.3 Å². The number of pyridine rings is 1. The molecule has 0 aromatic carbocycles. The van der Waals surface area contributed by atoms with Crippen LogP contribution in [0.4, 0.5) is 13.2 Å². The molecule has 23 heavy (non-hydrogen) atoms. The van der Waals surface area contributed by atoms with E-state index < -0.39 is 36.7 Å². The van der Waals surface area contributed by atoms with Crippen molar-refractivity contribution in [2.24, 2.45) is 0 Å². The van der Waals surface area contributed by atoms with Crippen molar-refractivity contribution in [3.05, 3.63) is 35.1 Å². The minimum absolute atomic E-state index is 0.140. The van der Waals surface area contributed by atoms with E-state index in [4.69, 9.17) is 9.31 Å². The Balaban J connectivity index is 2.39. The average molecular weight is 329 g/mol. The highest BCUT2D eigenvalue weighted by molar-refractivity contribution is 6.55. The molecule has 0 aliphatic carbocycles. The first kappa shape index (κ1) is 18.0. The summed E-state index contributed by atoms with van der Waals surface area (Å²) in [5, 5.41) is 9.55. The number of hydrogen-bond donors (Lipinski definition) is 1. The molecule has 1 aliphatic heterocycles.